The fourth-order valence-corrected chi connectivity index (χ4v) is 10.5. The molecule has 1 aromatic rings. The summed E-state index contributed by atoms with van der Waals surface area (Å²) in [5.41, 5.74) is 5.63. The Balaban J connectivity index is 2.07. The van der Waals surface area contributed by atoms with Crippen molar-refractivity contribution in [2.75, 3.05) is 24.6 Å². The molecule has 1 heterocycles. The van der Waals surface area contributed by atoms with Crippen LogP contribution in [0.5, 0.6) is 0 Å². The maximum atomic E-state index is 7.62. The summed E-state index contributed by atoms with van der Waals surface area (Å²) in [6.07, 6.45) is 4.63. The van der Waals surface area contributed by atoms with Gasteiger partial charge in [-0.05, 0) is 103 Å². The van der Waals surface area contributed by atoms with E-state index in [1.807, 2.05) is 0 Å². The third-order valence-electron chi connectivity index (χ3n) is 13.1. The summed E-state index contributed by atoms with van der Waals surface area (Å²) in [5, 5.41) is 0.486. The van der Waals surface area contributed by atoms with Gasteiger partial charge in [-0.25, -0.2) is 0 Å². The normalized spacial score (nSPS) is 24.8. The molecule has 47 heavy (non-hydrogen) atoms. The van der Waals surface area contributed by atoms with Gasteiger partial charge in [0, 0.05) is 36.7 Å². The molecule has 4 nitrogen and oxygen atoms in total. The Morgan fingerprint density at radius 1 is 0.787 bits per heavy atom. The SMILES string of the molecule is CCCCC1=C(C)[C@H](O[Si](C)(C)C(C)(C)C)[C@@](C)(CN2CC(CCO[Si](C)(C)C(C)(C)C)c3ccccc32)[C@@H]1O[Si](C)(C)C(C)(C)C. The number of hydrogen-bond acceptors (Lipinski definition) is 4. The van der Waals surface area contributed by atoms with E-state index in [2.05, 4.69) is 152 Å². The highest BCUT2D eigenvalue weighted by molar-refractivity contribution is 6.75. The van der Waals surface area contributed by atoms with Crippen LogP contribution in [0.25, 0.3) is 0 Å². The molecule has 0 N–H and O–H groups in total. The van der Waals surface area contributed by atoms with Crippen LogP contribution in [0.4, 0.5) is 5.69 Å². The minimum atomic E-state index is -2.10. The first-order chi connectivity index (χ1) is 21.2. The van der Waals surface area contributed by atoms with E-state index in [4.69, 9.17) is 13.3 Å². The van der Waals surface area contributed by atoms with Gasteiger partial charge in [0.1, 0.15) is 0 Å². The van der Waals surface area contributed by atoms with Gasteiger partial charge in [0.25, 0.3) is 0 Å². The van der Waals surface area contributed by atoms with E-state index < -0.39 is 25.0 Å². The molecule has 4 atom stereocenters. The van der Waals surface area contributed by atoms with Gasteiger partial charge >= 0.3 is 0 Å². The number of unbranched alkanes of at least 4 members (excludes halogenated alkanes) is 1. The van der Waals surface area contributed by atoms with Gasteiger partial charge in [0.2, 0.25) is 0 Å². The van der Waals surface area contributed by atoms with E-state index in [1.54, 1.807) is 0 Å². The van der Waals surface area contributed by atoms with Crippen molar-refractivity contribution in [3.05, 3.63) is 41.0 Å². The molecule has 0 saturated heterocycles. The smallest absolute Gasteiger partial charge is 0.192 e. The summed E-state index contributed by atoms with van der Waals surface area (Å²) >= 11 is 0. The van der Waals surface area contributed by atoms with Crippen molar-refractivity contribution >= 4 is 30.6 Å². The first-order valence-corrected chi connectivity index (χ1v) is 27.5. The lowest BCUT2D eigenvalue weighted by molar-refractivity contribution is 0.0124. The third kappa shape index (κ3) is 8.61. The summed E-state index contributed by atoms with van der Waals surface area (Å²) in [6, 6.07) is 9.17. The molecule has 0 saturated carbocycles. The van der Waals surface area contributed by atoms with E-state index in [0.717, 1.165) is 32.5 Å². The van der Waals surface area contributed by atoms with Crippen molar-refractivity contribution in [1.29, 1.82) is 0 Å². The first-order valence-electron chi connectivity index (χ1n) is 18.7. The van der Waals surface area contributed by atoms with E-state index in [-0.39, 0.29) is 32.7 Å². The molecule has 2 aliphatic rings. The number of nitrogens with zero attached hydrogens (tertiary/aromatic N) is 1. The number of benzene rings is 1. The number of anilines is 1. The molecule has 1 aliphatic carbocycles. The molecule has 7 heteroatoms. The molecule has 0 bridgehead atoms. The van der Waals surface area contributed by atoms with Gasteiger partial charge in [-0.15, -0.1) is 0 Å². The van der Waals surface area contributed by atoms with Gasteiger partial charge in [-0.2, -0.15) is 0 Å². The van der Waals surface area contributed by atoms with Gasteiger partial charge < -0.3 is 18.2 Å². The number of hydrogen-bond donors (Lipinski definition) is 0. The minimum absolute atomic E-state index is 0.0400. The molecule has 270 valence electrons. The Morgan fingerprint density at radius 3 is 1.81 bits per heavy atom. The highest BCUT2D eigenvalue weighted by Crippen LogP contribution is 2.54. The lowest BCUT2D eigenvalue weighted by atomic mass is 9.80. The fourth-order valence-electron chi connectivity index (χ4n) is 6.70. The van der Waals surface area contributed by atoms with Crippen molar-refractivity contribution in [2.45, 2.75) is 181 Å². The topological polar surface area (TPSA) is 30.9 Å². The van der Waals surface area contributed by atoms with Crippen LogP contribution in [0.3, 0.4) is 0 Å². The van der Waals surface area contributed by atoms with Crippen molar-refractivity contribution in [3.8, 4) is 0 Å². The van der Waals surface area contributed by atoms with Crippen molar-refractivity contribution in [1.82, 2.24) is 0 Å². The van der Waals surface area contributed by atoms with Crippen LogP contribution in [-0.2, 0) is 13.3 Å². The number of para-hydroxylation sites is 1. The van der Waals surface area contributed by atoms with Gasteiger partial charge in [-0.3, -0.25) is 0 Å². The van der Waals surface area contributed by atoms with Gasteiger partial charge in [0.15, 0.2) is 25.0 Å². The molecule has 0 spiro atoms. The number of rotatable bonds is 13. The lowest BCUT2D eigenvalue weighted by Crippen LogP contribution is -2.56. The van der Waals surface area contributed by atoms with Crippen molar-refractivity contribution in [3.63, 3.8) is 0 Å². The third-order valence-corrected chi connectivity index (χ3v) is 26.5. The zero-order chi connectivity index (χ0) is 36.0. The van der Waals surface area contributed by atoms with Crippen molar-refractivity contribution in [2.24, 2.45) is 5.41 Å². The molecule has 0 aromatic heterocycles. The van der Waals surface area contributed by atoms with Gasteiger partial charge in [-0.1, -0.05) is 101 Å². The van der Waals surface area contributed by atoms with Gasteiger partial charge in [0.05, 0.1) is 12.2 Å². The van der Waals surface area contributed by atoms with Crippen molar-refractivity contribution < 1.29 is 13.3 Å². The molecule has 1 aliphatic heterocycles. The molecule has 0 radical (unpaired) electrons. The summed E-state index contributed by atoms with van der Waals surface area (Å²) in [4.78, 5) is 2.70. The monoisotopic (exact) mass is 702 g/mol. The van der Waals surface area contributed by atoms with Crippen LogP contribution in [-0.4, -0.2) is 56.9 Å². The van der Waals surface area contributed by atoms with Crippen LogP contribution >= 0.6 is 0 Å². The average molecular weight is 702 g/mol. The predicted molar refractivity (Wildman–Crippen MR) is 214 cm³/mol. The van der Waals surface area contributed by atoms with E-state index >= 15 is 0 Å². The Kier molecular flexibility index (Phi) is 12.2. The molecule has 1 aromatic carbocycles. The maximum absolute atomic E-state index is 7.62. The molecule has 3 rings (SSSR count). The van der Waals surface area contributed by atoms with Crippen LogP contribution in [0.2, 0.25) is 54.4 Å². The van der Waals surface area contributed by atoms with E-state index in [9.17, 15) is 0 Å². The average Bonchev–Trinajstić information content (AvgIpc) is 3.33. The summed E-state index contributed by atoms with van der Waals surface area (Å²) in [7, 11) is -5.98. The summed E-state index contributed by atoms with van der Waals surface area (Å²) in [5.74, 6) is 0.467. The zero-order valence-corrected chi connectivity index (χ0v) is 37.2. The zero-order valence-electron chi connectivity index (χ0n) is 34.2. The maximum Gasteiger partial charge on any atom is 0.192 e. The molecule has 0 amide bonds. The molecular formula is C40H75NO3Si3. The molecule has 0 fully saturated rings. The predicted octanol–water partition coefficient (Wildman–Crippen LogP) is 12.3. The van der Waals surface area contributed by atoms with Crippen LogP contribution in [0.15, 0.2) is 35.4 Å². The number of fused-ring (bicyclic) bond motifs is 1. The largest absolute Gasteiger partial charge is 0.417 e. The lowest BCUT2D eigenvalue weighted by Gasteiger charge is -2.49. The minimum Gasteiger partial charge on any atom is -0.417 e. The van der Waals surface area contributed by atoms with E-state index in [0.29, 0.717) is 5.92 Å². The highest BCUT2D eigenvalue weighted by atomic mass is 28.4. The Hall–Kier alpha value is -0.709. The molecule has 1 unspecified atom stereocenters. The highest BCUT2D eigenvalue weighted by Gasteiger charge is 2.57. The fraction of sp³-hybridized carbons (Fsp3) is 0.800. The summed E-state index contributed by atoms with van der Waals surface area (Å²) < 4.78 is 21.9. The standard InChI is InChI=1S/C40H75NO3Si3/c1-19-20-23-32-30(2)35(43-46(15,16)38(6,7)8)40(12,36(32)44-47(17,18)39(9,10)11)29-41-28-31(33-24-21-22-25-34(33)41)26-27-42-45(13,14)37(3,4)5/h21-22,24-25,31,35-36H,19-20,23,26-29H2,1-18H3/t31?,35-,36+,40+/m0/s1. The second-order valence-corrected chi connectivity index (χ2v) is 34.2. The Labute approximate surface area is 295 Å². The Morgan fingerprint density at radius 2 is 1.30 bits per heavy atom. The van der Waals surface area contributed by atoms with Crippen LogP contribution < -0.4 is 4.90 Å². The molecular weight excluding hydrogens is 627 g/mol. The summed E-state index contributed by atoms with van der Waals surface area (Å²) in [6.45, 7) is 45.7. The van der Waals surface area contributed by atoms with E-state index in [1.165, 1.54) is 35.2 Å². The second kappa shape index (κ2) is 14.1. The quantitative estimate of drug-likeness (QED) is 0.151. The van der Waals surface area contributed by atoms with Crippen LogP contribution in [0, 0.1) is 5.41 Å². The second-order valence-electron chi connectivity index (χ2n) is 19.9. The van der Waals surface area contributed by atoms with Crippen LogP contribution in [0.1, 0.15) is 120 Å². The Bertz CT molecular complexity index is 1250. The first kappa shape index (κ1) is 40.7.